The number of piperidine rings is 1. The lowest BCUT2D eigenvalue weighted by Gasteiger charge is -2.33. The van der Waals surface area contributed by atoms with E-state index in [-0.39, 0.29) is 18.0 Å². The minimum absolute atomic E-state index is 0.136. The molecule has 3 atom stereocenters. The molecule has 0 radical (unpaired) electrons. The van der Waals surface area contributed by atoms with Gasteiger partial charge in [0.15, 0.2) is 0 Å². The number of nitrogens with zero attached hydrogens (tertiary/aromatic N) is 2. The van der Waals surface area contributed by atoms with E-state index in [1.165, 1.54) is 10.9 Å². The van der Waals surface area contributed by atoms with Gasteiger partial charge >= 0.3 is 0 Å². The quantitative estimate of drug-likeness (QED) is 0.857. The van der Waals surface area contributed by atoms with E-state index < -0.39 is 0 Å². The van der Waals surface area contributed by atoms with Crippen LogP contribution in [0.4, 0.5) is 0 Å². The van der Waals surface area contributed by atoms with Gasteiger partial charge in [-0.1, -0.05) is 18.2 Å². The molecule has 1 aromatic carbocycles. The number of methoxy groups -OCH3 is 1. The number of carbonyl (C=O) groups excluding carboxylic acids is 1. The van der Waals surface area contributed by atoms with E-state index in [1.54, 1.807) is 7.11 Å². The van der Waals surface area contributed by atoms with Crippen LogP contribution in [0.1, 0.15) is 19.3 Å². The number of rotatable bonds is 5. The summed E-state index contributed by atoms with van der Waals surface area (Å²) in [5.74, 6) is 0.687. The Balaban J connectivity index is 1.35. The topological polar surface area (TPSA) is 58.5 Å². The second-order valence-electron chi connectivity index (χ2n) is 7.55. The number of benzene rings is 1. The molecule has 0 bridgehead atoms. The van der Waals surface area contributed by atoms with Crippen molar-refractivity contribution >= 4 is 16.8 Å². The average Bonchev–Trinajstić information content (AvgIpc) is 3.30. The molecule has 2 N–H and O–H groups in total. The van der Waals surface area contributed by atoms with Crippen LogP contribution in [0.15, 0.2) is 36.5 Å². The predicted octanol–water partition coefficient (Wildman–Crippen LogP) is 1.76. The molecule has 2 aliphatic heterocycles. The lowest BCUT2D eigenvalue weighted by Crippen LogP contribution is -2.49. The summed E-state index contributed by atoms with van der Waals surface area (Å²) in [7, 11) is 1.73. The number of carbonyl (C=O) groups is 1. The van der Waals surface area contributed by atoms with Crippen LogP contribution in [-0.2, 0) is 16.1 Å². The fourth-order valence-electron chi connectivity index (χ4n) is 4.30. The molecule has 3 unspecified atom stereocenters. The normalized spacial score (nSPS) is 26.5. The minimum Gasteiger partial charge on any atom is -0.384 e. The van der Waals surface area contributed by atoms with Crippen molar-refractivity contribution in [2.75, 3.05) is 26.8 Å². The van der Waals surface area contributed by atoms with Gasteiger partial charge in [-0.3, -0.25) is 10.2 Å². The molecule has 140 valence electrons. The van der Waals surface area contributed by atoms with Gasteiger partial charge in [-0.15, -0.1) is 0 Å². The van der Waals surface area contributed by atoms with Gasteiger partial charge in [0.25, 0.3) is 0 Å². The van der Waals surface area contributed by atoms with Crippen LogP contribution in [-0.4, -0.2) is 54.3 Å². The average molecular weight is 356 g/mol. The Hall–Kier alpha value is -1.89. The highest BCUT2D eigenvalue weighted by atomic mass is 16.5. The number of aromatic nitrogens is 1. The molecule has 6 heteroatoms. The Kier molecular flexibility index (Phi) is 5.24. The molecular weight excluding hydrogens is 328 g/mol. The maximum atomic E-state index is 12.9. The zero-order chi connectivity index (χ0) is 17.9. The number of para-hydroxylation sites is 1. The number of likely N-dealkylation sites (tertiary alicyclic amines) is 1. The van der Waals surface area contributed by atoms with E-state index in [1.807, 2.05) is 4.90 Å². The van der Waals surface area contributed by atoms with Crippen molar-refractivity contribution in [3.63, 3.8) is 0 Å². The number of hydrogen-bond donors (Lipinski definition) is 2. The lowest BCUT2D eigenvalue weighted by molar-refractivity contribution is -0.135. The van der Waals surface area contributed by atoms with E-state index in [4.69, 9.17) is 4.74 Å². The minimum atomic E-state index is -0.136. The van der Waals surface area contributed by atoms with Crippen molar-refractivity contribution < 1.29 is 9.53 Å². The van der Waals surface area contributed by atoms with Crippen molar-refractivity contribution in [1.82, 2.24) is 20.3 Å². The van der Waals surface area contributed by atoms with E-state index in [0.29, 0.717) is 5.92 Å². The van der Waals surface area contributed by atoms with Gasteiger partial charge in [0.05, 0.1) is 6.61 Å². The Morgan fingerprint density at radius 2 is 2.15 bits per heavy atom. The zero-order valence-electron chi connectivity index (χ0n) is 15.4. The Labute approximate surface area is 154 Å². The molecule has 6 nitrogen and oxygen atoms in total. The first-order valence-corrected chi connectivity index (χ1v) is 9.57. The van der Waals surface area contributed by atoms with Gasteiger partial charge in [0.1, 0.15) is 6.04 Å². The molecule has 0 saturated carbocycles. The molecule has 2 aliphatic rings. The molecule has 3 heterocycles. The Bertz CT molecular complexity index is 757. The van der Waals surface area contributed by atoms with Gasteiger partial charge in [0.2, 0.25) is 5.91 Å². The fourth-order valence-corrected chi connectivity index (χ4v) is 4.30. The molecular formula is C20H28N4O2. The van der Waals surface area contributed by atoms with E-state index in [2.05, 4.69) is 51.9 Å². The highest BCUT2D eigenvalue weighted by molar-refractivity contribution is 5.82. The summed E-state index contributed by atoms with van der Waals surface area (Å²) in [5.41, 5.74) is 7.79. The van der Waals surface area contributed by atoms with Crippen LogP contribution in [0.5, 0.6) is 0 Å². The standard InChI is InChI=1S/C20H28N4O2/c1-26-14-15-5-4-9-24(12-15)20(25)18-11-17(21-22-18)13-23-10-8-16-6-2-3-7-19(16)23/h2-3,6-8,10,15,17-18,21-22H,4-5,9,11-14H2,1H3. The van der Waals surface area contributed by atoms with Crippen LogP contribution < -0.4 is 10.9 Å². The maximum absolute atomic E-state index is 12.9. The van der Waals surface area contributed by atoms with Crippen LogP contribution in [0.3, 0.4) is 0 Å². The number of ether oxygens (including phenoxy) is 1. The van der Waals surface area contributed by atoms with Gasteiger partial charge in [-0.05, 0) is 42.7 Å². The second-order valence-corrected chi connectivity index (χ2v) is 7.55. The number of hydrazine groups is 1. The van der Waals surface area contributed by atoms with Crippen molar-refractivity contribution in [1.29, 1.82) is 0 Å². The first-order valence-electron chi connectivity index (χ1n) is 9.57. The summed E-state index contributed by atoms with van der Waals surface area (Å²) in [6.45, 7) is 3.28. The molecule has 4 rings (SSSR count). The van der Waals surface area contributed by atoms with Crippen molar-refractivity contribution in [2.45, 2.75) is 37.9 Å². The molecule has 2 aromatic rings. The summed E-state index contributed by atoms with van der Waals surface area (Å²) in [6.07, 6.45) is 5.16. The maximum Gasteiger partial charge on any atom is 0.241 e. The van der Waals surface area contributed by atoms with Crippen LogP contribution >= 0.6 is 0 Å². The third-order valence-corrected chi connectivity index (χ3v) is 5.61. The van der Waals surface area contributed by atoms with E-state index >= 15 is 0 Å². The van der Waals surface area contributed by atoms with Crippen molar-refractivity contribution in [2.24, 2.45) is 5.92 Å². The fraction of sp³-hybridized carbons (Fsp3) is 0.550. The van der Waals surface area contributed by atoms with Gasteiger partial charge in [-0.25, -0.2) is 5.43 Å². The largest absolute Gasteiger partial charge is 0.384 e. The zero-order valence-corrected chi connectivity index (χ0v) is 15.4. The molecule has 1 amide bonds. The molecule has 0 aliphatic carbocycles. The summed E-state index contributed by atoms with van der Waals surface area (Å²) in [4.78, 5) is 14.9. The number of fused-ring (bicyclic) bond motifs is 1. The first-order chi connectivity index (χ1) is 12.7. The number of amides is 1. The van der Waals surface area contributed by atoms with Crippen molar-refractivity contribution in [3.05, 3.63) is 36.5 Å². The number of hydrogen-bond acceptors (Lipinski definition) is 4. The first kappa shape index (κ1) is 17.5. The Morgan fingerprint density at radius 1 is 1.27 bits per heavy atom. The molecule has 2 fully saturated rings. The molecule has 1 aromatic heterocycles. The molecule has 26 heavy (non-hydrogen) atoms. The predicted molar refractivity (Wildman–Crippen MR) is 102 cm³/mol. The smallest absolute Gasteiger partial charge is 0.241 e. The summed E-state index contributed by atoms with van der Waals surface area (Å²) in [5, 5.41) is 1.25. The highest BCUT2D eigenvalue weighted by Gasteiger charge is 2.34. The SMILES string of the molecule is COCC1CCCN(C(=O)C2CC(Cn3ccc4ccccc43)NN2)C1. The molecule has 0 spiro atoms. The third-order valence-electron chi connectivity index (χ3n) is 5.61. The second kappa shape index (κ2) is 7.78. The van der Waals surface area contributed by atoms with E-state index in [0.717, 1.165) is 45.5 Å². The molecule has 2 saturated heterocycles. The van der Waals surface area contributed by atoms with Gasteiger partial charge in [0, 0.05) is 44.5 Å². The Morgan fingerprint density at radius 3 is 3.04 bits per heavy atom. The lowest BCUT2D eigenvalue weighted by atomic mass is 9.98. The summed E-state index contributed by atoms with van der Waals surface area (Å²) < 4.78 is 7.54. The van der Waals surface area contributed by atoms with Gasteiger partial charge < -0.3 is 14.2 Å². The van der Waals surface area contributed by atoms with Crippen LogP contribution in [0.25, 0.3) is 10.9 Å². The van der Waals surface area contributed by atoms with Gasteiger partial charge in [-0.2, -0.15) is 0 Å². The van der Waals surface area contributed by atoms with Crippen LogP contribution in [0.2, 0.25) is 0 Å². The highest BCUT2D eigenvalue weighted by Crippen LogP contribution is 2.21. The van der Waals surface area contributed by atoms with E-state index in [9.17, 15) is 4.79 Å². The third kappa shape index (κ3) is 3.63. The van der Waals surface area contributed by atoms with Crippen LogP contribution in [0, 0.1) is 5.92 Å². The van der Waals surface area contributed by atoms with Crippen molar-refractivity contribution in [3.8, 4) is 0 Å². The monoisotopic (exact) mass is 356 g/mol. The number of nitrogens with one attached hydrogen (secondary N) is 2. The summed E-state index contributed by atoms with van der Waals surface area (Å²) >= 11 is 0. The summed E-state index contributed by atoms with van der Waals surface area (Å²) in [6, 6.07) is 10.7.